The number of rotatable bonds is 3. The van der Waals surface area contributed by atoms with Gasteiger partial charge in [0.25, 0.3) is 5.91 Å². The van der Waals surface area contributed by atoms with Gasteiger partial charge in [-0.3, -0.25) is 4.79 Å². The molecule has 0 atom stereocenters. The number of halogens is 1. The second-order valence-electron chi connectivity index (χ2n) is 3.92. The van der Waals surface area contributed by atoms with Gasteiger partial charge in [0, 0.05) is 21.8 Å². The van der Waals surface area contributed by atoms with Gasteiger partial charge in [-0.05, 0) is 36.4 Å². The van der Waals surface area contributed by atoms with E-state index in [9.17, 15) is 4.79 Å². The van der Waals surface area contributed by atoms with Crippen LogP contribution in [0, 0.1) is 0 Å². The van der Waals surface area contributed by atoms with Gasteiger partial charge in [-0.2, -0.15) is 0 Å². The van der Waals surface area contributed by atoms with E-state index in [1.807, 2.05) is 12.1 Å². The molecule has 4 nitrogen and oxygen atoms in total. The van der Waals surface area contributed by atoms with Crippen molar-refractivity contribution >= 4 is 33.2 Å². The highest BCUT2D eigenvalue weighted by Gasteiger charge is 2.07. The molecule has 0 saturated carbocycles. The topological polar surface area (TPSA) is 64.3 Å². The lowest BCUT2D eigenvalue weighted by Gasteiger charge is -2.09. The molecule has 0 radical (unpaired) electrons. The molecule has 2 rings (SSSR count). The quantitative estimate of drug-likeness (QED) is 0.853. The summed E-state index contributed by atoms with van der Waals surface area (Å²) >= 11 is 3.33. The molecule has 0 aromatic heterocycles. The molecule has 0 aliphatic rings. The van der Waals surface area contributed by atoms with Gasteiger partial charge < -0.3 is 15.8 Å². The first-order valence-corrected chi connectivity index (χ1v) is 6.40. The average Bonchev–Trinajstić information content (AvgIpc) is 2.41. The fourth-order valence-electron chi connectivity index (χ4n) is 1.59. The minimum absolute atomic E-state index is 0.181. The number of ether oxygens (including phenoxy) is 1. The third-order valence-electron chi connectivity index (χ3n) is 2.60. The Morgan fingerprint density at radius 3 is 2.53 bits per heavy atom. The summed E-state index contributed by atoms with van der Waals surface area (Å²) in [6.45, 7) is 0. The molecule has 1 amide bonds. The van der Waals surface area contributed by atoms with Crippen LogP contribution >= 0.6 is 15.9 Å². The maximum absolute atomic E-state index is 12.0. The molecule has 0 aliphatic carbocycles. The standard InChI is InChI=1S/C14H13BrN2O2/c1-19-13-8-11(6-7-12(13)16)17-14(18)9-2-4-10(15)5-3-9/h2-8H,16H2,1H3,(H,17,18). The summed E-state index contributed by atoms with van der Waals surface area (Å²) in [6.07, 6.45) is 0. The van der Waals surface area contributed by atoms with Crippen molar-refractivity contribution in [1.29, 1.82) is 0 Å². The average molecular weight is 321 g/mol. The van der Waals surface area contributed by atoms with E-state index in [1.165, 1.54) is 7.11 Å². The Hall–Kier alpha value is -2.01. The molecule has 0 fully saturated rings. The lowest BCUT2D eigenvalue weighted by atomic mass is 10.2. The maximum atomic E-state index is 12.0. The number of carbonyl (C=O) groups is 1. The van der Waals surface area contributed by atoms with Crippen LogP contribution in [0.3, 0.4) is 0 Å². The van der Waals surface area contributed by atoms with Crippen molar-refractivity contribution in [2.45, 2.75) is 0 Å². The van der Waals surface area contributed by atoms with Crippen LogP contribution in [0.1, 0.15) is 10.4 Å². The van der Waals surface area contributed by atoms with Crippen LogP contribution in [-0.4, -0.2) is 13.0 Å². The van der Waals surface area contributed by atoms with Crippen molar-refractivity contribution in [3.8, 4) is 5.75 Å². The van der Waals surface area contributed by atoms with Gasteiger partial charge in [-0.15, -0.1) is 0 Å². The number of benzene rings is 2. The van der Waals surface area contributed by atoms with Gasteiger partial charge in [0.2, 0.25) is 0 Å². The van der Waals surface area contributed by atoms with E-state index in [2.05, 4.69) is 21.2 Å². The van der Waals surface area contributed by atoms with Crippen molar-refractivity contribution in [3.63, 3.8) is 0 Å². The summed E-state index contributed by atoms with van der Waals surface area (Å²) in [5.74, 6) is 0.355. The predicted molar refractivity (Wildman–Crippen MR) is 79.5 cm³/mol. The molecule has 0 aliphatic heterocycles. The fourth-order valence-corrected chi connectivity index (χ4v) is 1.86. The Kier molecular flexibility index (Phi) is 4.06. The largest absolute Gasteiger partial charge is 0.495 e. The minimum atomic E-state index is -0.181. The second-order valence-corrected chi connectivity index (χ2v) is 4.83. The molecule has 0 saturated heterocycles. The summed E-state index contributed by atoms with van der Waals surface area (Å²) in [5, 5.41) is 2.79. The molecule has 2 aromatic rings. The number of nitrogen functional groups attached to an aromatic ring is 1. The van der Waals surface area contributed by atoms with Gasteiger partial charge in [0.05, 0.1) is 12.8 Å². The van der Waals surface area contributed by atoms with E-state index in [1.54, 1.807) is 30.3 Å². The third-order valence-corrected chi connectivity index (χ3v) is 3.13. The van der Waals surface area contributed by atoms with Crippen LogP contribution < -0.4 is 15.8 Å². The van der Waals surface area contributed by atoms with E-state index in [0.29, 0.717) is 22.7 Å². The van der Waals surface area contributed by atoms with Crippen LogP contribution in [0.15, 0.2) is 46.9 Å². The number of hydrogen-bond donors (Lipinski definition) is 2. The van der Waals surface area contributed by atoms with Gasteiger partial charge >= 0.3 is 0 Å². The molecule has 19 heavy (non-hydrogen) atoms. The Balaban J connectivity index is 2.17. The van der Waals surface area contributed by atoms with Gasteiger partial charge in [0.1, 0.15) is 5.75 Å². The highest BCUT2D eigenvalue weighted by atomic mass is 79.9. The van der Waals surface area contributed by atoms with E-state index >= 15 is 0 Å². The molecular formula is C14H13BrN2O2. The highest BCUT2D eigenvalue weighted by molar-refractivity contribution is 9.10. The molecule has 5 heteroatoms. The Morgan fingerprint density at radius 1 is 1.21 bits per heavy atom. The fraction of sp³-hybridized carbons (Fsp3) is 0.0714. The van der Waals surface area contributed by atoms with Crippen molar-refractivity contribution < 1.29 is 9.53 Å². The highest BCUT2D eigenvalue weighted by Crippen LogP contribution is 2.25. The Labute approximate surface area is 119 Å². The van der Waals surface area contributed by atoms with Crippen LogP contribution in [0.2, 0.25) is 0 Å². The summed E-state index contributed by atoms with van der Waals surface area (Å²) < 4.78 is 6.04. The lowest BCUT2D eigenvalue weighted by molar-refractivity contribution is 0.102. The number of nitrogens with one attached hydrogen (secondary N) is 1. The predicted octanol–water partition coefficient (Wildman–Crippen LogP) is 3.29. The molecule has 3 N–H and O–H groups in total. The molecule has 2 aromatic carbocycles. The van der Waals surface area contributed by atoms with E-state index < -0.39 is 0 Å². The normalized spacial score (nSPS) is 10.0. The summed E-state index contributed by atoms with van der Waals surface area (Å²) in [6, 6.07) is 12.2. The summed E-state index contributed by atoms with van der Waals surface area (Å²) in [7, 11) is 1.53. The van der Waals surface area contributed by atoms with E-state index in [0.717, 1.165) is 4.47 Å². The molecule has 0 spiro atoms. The first-order valence-electron chi connectivity index (χ1n) is 5.60. The first kappa shape index (κ1) is 13.4. The van der Waals surface area contributed by atoms with Crippen LogP contribution in [0.4, 0.5) is 11.4 Å². The van der Waals surface area contributed by atoms with Crippen molar-refractivity contribution in [2.75, 3.05) is 18.2 Å². The number of anilines is 2. The number of hydrogen-bond acceptors (Lipinski definition) is 3. The van der Waals surface area contributed by atoms with Crippen molar-refractivity contribution in [1.82, 2.24) is 0 Å². The number of methoxy groups -OCH3 is 1. The minimum Gasteiger partial charge on any atom is -0.495 e. The third kappa shape index (κ3) is 3.26. The van der Waals surface area contributed by atoms with E-state index in [4.69, 9.17) is 10.5 Å². The smallest absolute Gasteiger partial charge is 0.255 e. The van der Waals surface area contributed by atoms with Gasteiger partial charge in [-0.1, -0.05) is 15.9 Å². The molecule has 98 valence electrons. The van der Waals surface area contributed by atoms with Gasteiger partial charge in [0.15, 0.2) is 0 Å². The van der Waals surface area contributed by atoms with Crippen molar-refractivity contribution in [2.24, 2.45) is 0 Å². The monoisotopic (exact) mass is 320 g/mol. The van der Waals surface area contributed by atoms with Crippen LogP contribution in [0.5, 0.6) is 5.75 Å². The number of nitrogens with two attached hydrogens (primary N) is 1. The zero-order valence-corrected chi connectivity index (χ0v) is 11.9. The van der Waals surface area contributed by atoms with Gasteiger partial charge in [-0.25, -0.2) is 0 Å². The van der Waals surface area contributed by atoms with Crippen molar-refractivity contribution in [3.05, 3.63) is 52.5 Å². The number of carbonyl (C=O) groups excluding carboxylic acids is 1. The second kappa shape index (κ2) is 5.75. The Morgan fingerprint density at radius 2 is 1.89 bits per heavy atom. The molecule has 0 heterocycles. The summed E-state index contributed by atoms with van der Waals surface area (Å²) in [5.41, 5.74) is 7.47. The maximum Gasteiger partial charge on any atom is 0.255 e. The van der Waals surface area contributed by atoms with E-state index in [-0.39, 0.29) is 5.91 Å². The van der Waals surface area contributed by atoms with Crippen LogP contribution in [-0.2, 0) is 0 Å². The molecule has 0 bridgehead atoms. The molecular weight excluding hydrogens is 308 g/mol. The zero-order valence-electron chi connectivity index (χ0n) is 10.3. The Bertz CT molecular complexity index is 597. The first-order chi connectivity index (χ1) is 9.10. The zero-order chi connectivity index (χ0) is 13.8. The van der Waals surface area contributed by atoms with Crippen LogP contribution in [0.25, 0.3) is 0 Å². The summed E-state index contributed by atoms with van der Waals surface area (Å²) in [4.78, 5) is 12.0. The molecule has 0 unspecified atom stereocenters. The SMILES string of the molecule is COc1cc(NC(=O)c2ccc(Br)cc2)ccc1N. The lowest BCUT2D eigenvalue weighted by Crippen LogP contribution is -2.11. The number of amides is 1.